The molecule has 1 aromatic carbocycles. The Morgan fingerprint density at radius 2 is 2.07 bits per heavy atom. The van der Waals surface area contributed by atoms with E-state index in [4.69, 9.17) is 11.6 Å². The molecule has 0 unspecified atom stereocenters. The third-order valence-electron chi connectivity index (χ3n) is 4.94. The Morgan fingerprint density at radius 1 is 1.26 bits per heavy atom. The van der Waals surface area contributed by atoms with Crippen LogP contribution in [0, 0.1) is 0 Å². The number of carbonyl (C=O) groups excluding carboxylic acids is 2. The monoisotopic (exact) mass is 384 g/mol. The molecule has 6 nitrogen and oxygen atoms in total. The highest BCUT2D eigenvalue weighted by Crippen LogP contribution is 2.34. The van der Waals surface area contributed by atoms with Crippen molar-refractivity contribution in [3.8, 4) is 0 Å². The molecule has 0 radical (unpaired) electrons. The summed E-state index contributed by atoms with van der Waals surface area (Å²) in [6, 6.07) is 7.02. The van der Waals surface area contributed by atoms with E-state index in [1.807, 2.05) is 0 Å². The topological polar surface area (TPSA) is 77.2 Å². The highest BCUT2D eigenvalue weighted by Gasteiger charge is 2.24. The molecule has 3 heterocycles. The van der Waals surface area contributed by atoms with E-state index in [1.54, 1.807) is 36.5 Å². The molecule has 2 aliphatic rings. The molecule has 0 bridgehead atoms. The summed E-state index contributed by atoms with van der Waals surface area (Å²) in [6.07, 6.45) is 5.87. The average Bonchev–Trinajstić information content (AvgIpc) is 3.37. The van der Waals surface area contributed by atoms with E-state index >= 15 is 0 Å². The Hall–Kier alpha value is -2.57. The molecular formula is C20H21ClN4O2. The molecule has 2 aliphatic heterocycles. The number of benzene rings is 1. The van der Waals surface area contributed by atoms with Gasteiger partial charge >= 0.3 is 0 Å². The van der Waals surface area contributed by atoms with Crippen LogP contribution in [-0.4, -0.2) is 47.9 Å². The first-order valence-electron chi connectivity index (χ1n) is 9.12. The number of H-pyrrole nitrogens is 1. The quantitative estimate of drug-likeness (QED) is 0.693. The number of halogens is 1. The van der Waals surface area contributed by atoms with Crippen LogP contribution >= 0.6 is 11.6 Å². The summed E-state index contributed by atoms with van der Waals surface area (Å²) in [6.45, 7) is 3.75. The predicted octanol–water partition coefficient (Wildman–Crippen LogP) is 2.99. The van der Waals surface area contributed by atoms with Crippen molar-refractivity contribution in [1.29, 1.82) is 0 Å². The van der Waals surface area contributed by atoms with Gasteiger partial charge in [-0.1, -0.05) is 11.6 Å². The van der Waals surface area contributed by atoms with Crippen LogP contribution in [0.25, 0.3) is 11.6 Å². The largest absolute Gasteiger partial charge is 0.361 e. The van der Waals surface area contributed by atoms with Crippen molar-refractivity contribution in [2.24, 2.45) is 0 Å². The lowest BCUT2D eigenvalue weighted by atomic mass is 10.1. The van der Waals surface area contributed by atoms with Crippen LogP contribution in [-0.2, 0) is 4.79 Å². The number of hydrogen-bond acceptors (Lipinski definition) is 3. The Bertz CT molecular complexity index is 912. The van der Waals surface area contributed by atoms with Crippen molar-refractivity contribution in [3.05, 3.63) is 52.3 Å². The Labute approximate surface area is 162 Å². The van der Waals surface area contributed by atoms with Gasteiger partial charge in [-0.05, 0) is 56.3 Å². The second-order valence-electron chi connectivity index (χ2n) is 6.85. The minimum Gasteiger partial charge on any atom is -0.361 e. The second kappa shape index (κ2) is 7.58. The number of anilines is 1. The normalized spacial score (nSPS) is 18.0. The van der Waals surface area contributed by atoms with Crippen LogP contribution in [0.4, 0.5) is 5.69 Å². The van der Waals surface area contributed by atoms with Crippen molar-refractivity contribution in [1.82, 2.24) is 15.2 Å². The molecular weight excluding hydrogens is 364 g/mol. The summed E-state index contributed by atoms with van der Waals surface area (Å²) in [5.74, 6) is -0.298. The van der Waals surface area contributed by atoms with E-state index in [9.17, 15) is 9.59 Å². The summed E-state index contributed by atoms with van der Waals surface area (Å²) in [7, 11) is 0. The molecule has 27 heavy (non-hydrogen) atoms. The minimum atomic E-state index is -0.182. The molecule has 3 N–H and O–H groups in total. The first-order valence-corrected chi connectivity index (χ1v) is 9.50. The van der Waals surface area contributed by atoms with Crippen LogP contribution in [0.1, 0.15) is 34.5 Å². The van der Waals surface area contributed by atoms with Gasteiger partial charge in [-0.2, -0.15) is 0 Å². The zero-order chi connectivity index (χ0) is 18.8. The SMILES string of the molecule is O=C1Nc2ccc(Cl)cc2/C1=C/c1cc(C(=O)NCCN2CCCC2)c[nH]1. The Morgan fingerprint density at radius 3 is 2.89 bits per heavy atom. The van der Waals surface area contributed by atoms with E-state index in [2.05, 4.69) is 20.5 Å². The van der Waals surface area contributed by atoms with Gasteiger partial charge in [0.1, 0.15) is 0 Å². The third kappa shape index (κ3) is 3.91. The Kier molecular flexibility index (Phi) is 5.01. The highest BCUT2D eigenvalue weighted by atomic mass is 35.5. The third-order valence-corrected chi connectivity index (χ3v) is 5.18. The highest BCUT2D eigenvalue weighted by molar-refractivity contribution is 6.36. The van der Waals surface area contributed by atoms with Crippen molar-refractivity contribution in [2.45, 2.75) is 12.8 Å². The zero-order valence-electron chi connectivity index (χ0n) is 14.8. The maximum Gasteiger partial charge on any atom is 0.256 e. The number of hydrogen-bond donors (Lipinski definition) is 3. The molecule has 1 aromatic heterocycles. The summed E-state index contributed by atoms with van der Waals surface area (Å²) in [5.41, 5.74) is 3.27. The standard InChI is InChI=1S/C20H21ClN4O2/c21-14-3-4-18-16(10-14)17(20(27)24-18)11-15-9-13(12-23-15)19(26)22-5-8-25-6-1-2-7-25/h3-4,9-12,23H,1-2,5-8H2,(H,22,26)(H,24,27)/b17-11-. The van der Waals surface area contributed by atoms with Crippen molar-refractivity contribution >= 4 is 40.8 Å². The molecule has 4 rings (SSSR count). The zero-order valence-corrected chi connectivity index (χ0v) is 15.6. The fraction of sp³-hybridized carbons (Fsp3) is 0.300. The van der Waals surface area contributed by atoms with Crippen LogP contribution < -0.4 is 10.6 Å². The molecule has 1 saturated heterocycles. The molecule has 7 heteroatoms. The summed E-state index contributed by atoms with van der Waals surface area (Å²) in [4.78, 5) is 29.9. The van der Waals surface area contributed by atoms with Gasteiger partial charge in [0.05, 0.1) is 11.1 Å². The molecule has 1 fully saturated rings. The van der Waals surface area contributed by atoms with E-state index in [0.717, 1.165) is 30.9 Å². The Balaban J connectivity index is 1.43. The first-order chi connectivity index (χ1) is 13.1. The molecule has 0 spiro atoms. The summed E-state index contributed by atoms with van der Waals surface area (Å²) >= 11 is 6.05. The summed E-state index contributed by atoms with van der Waals surface area (Å²) in [5, 5.41) is 6.33. The lowest BCUT2D eigenvalue weighted by Gasteiger charge is -2.14. The van der Waals surface area contributed by atoms with Gasteiger partial charge in [-0.3, -0.25) is 9.59 Å². The fourth-order valence-corrected chi connectivity index (χ4v) is 3.69. The van der Waals surface area contributed by atoms with Gasteiger partial charge in [0, 0.05) is 41.3 Å². The van der Waals surface area contributed by atoms with Gasteiger partial charge < -0.3 is 20.5 Å². The second-order valence-corrected chi connectivity index (χ2v) is 7.29. The van der Waals surface area contributed by atoms with E-state index in [0.29, 0.717) is 28.4 Å². The predicted molar refractivity (Wildman–Crippen MR) is 107 cm³/mol. The lowest BCUT2D eigenvalue weighted by Crippen LogP contribution is -2.33. The van der Waals surface area contributed by atoms with Gasteiger partial charge in [0.2, 0.25) is 0 Å². The van der Waals surface area contributed by atoms with Crippen molar-refractivity contribution in [2.75, 3.05) is 31.5 Å². The smallest absolute Gasteiger partial charge is 0.256 e. The van der Waals surface area contributed by atoms with Crippen molar-refractivity contribution < 1.29 is 9.59 Å². The van der Waals surface area contributed by atoms with Gasteiger partial charge in [-0.15, -0.1) is 0 Å². The summed E-state index contributed by atoms with van der Waals surface area (Å²) < 4.78 is 0. The van der Waals surface area contributed by atoms with Gasteiger partial charge in [-0.25, -0.2) is 0 Å². The number of fused-ring (bicyclic) bond motifs is 1. The van der Waals surface area contributed by atoms with Gasteiger partial charge in [0.15, 0.2) is 0 Å². The first kappa shape index (κ1) is 17.8. The lowest BCUT2D eigenvalue weighted by molar-refractivity contribution is -0.110. The number of likely N-dealkylation sites (tertiary alicyclic amines) is 1. The molecule has 2 aromatic rings. The molecule has 0 saturated carbocycles. The minimum absolute atomic E-state index is 0.116. The van der Waals surface area contributed by atoms with E-state index < -0.39 is 0 Å². The van der Waals surface area contributed by atoms with Crippen LogP contribution in [0.2, 0.25) is 5.02 Å². The number of nitrogens with zero attached hydrogens (tertiary/aromatic N) is 1. The van der Waals surface area contributed by atoms with Crippen LogP contribution in [0.15, 0.2) is 30.5 Å². The maximum absolute atomic E-state index is 12.3. The van der Waals surface area contributed by atoms with Crippen LogP contribution in [0.5, 0.6) is 0 Å². The number of aromatic nitrogens is 1. The maximum atomic E-state index is 12.3. The van der Waals surface area contributed by atoms with Crippen molar-refractivity contribution in [3.63, 3.8) is 0 Å². The molecule has 0 aliphatic carbocycles. The van der Waals surface area contributed by atoms with E-state index in [1.165, 1.54) is 12.8 Å². The number of aromatic amines is 1. The molecule has 0 atom stereocenters. The number of amides is 2. The molecule has 140 valence electrons. The van der Waals surface area contributed by atoms with Crippen LogP contribution in [0.3, 0.4) is 0 Å². The number of carbonyl (C=O) groups is 2. The fourth-order valence-electron chi connectivity index (χ4n) is 3.52. The van der Waals surface area contributed by atoms with Gasteiger partial charge in [0.25, 0.3) is 11.8 Å². The number of nitrogens with one attached hydrogen (secondary N) is 3. The molecule has 2 amide bonds. The number of rotatable bonds is 5. The van der Waals surface area contributed by atoms with E-state index in [-0.39, 0.29) is 11.8 Å². The average molecular weight is 385 g/mol.